The van der Waals surface area contributed by atoms with Crippen LogP contribution < -0.4 is 0 Å². The van der Waals surface area contributed by atoms with Gasteiger partial charge in [-0.1, -0.05) is 13.0 Å². The molecule has 1 aliphatic rings. The number of rotatable bonds is 4. The Kier molecular flexibility index (Phi) is 4.50. The lowest BCUT2D eigenvalue weighted by Crippen LogP contribution is -2.52. The zero-order chi connectivity index (χ0) is 12.2. The van der Waals surface area contributed by atoms with Crippen LogP contribution in [0, 0.1) is 0 Å². The lowest BCUT2D eigenvalue weighted by atomic mass is 10.0. The van der Waals surface area contributed by atoms with Crippen molar-refractivity contribution >= 4 is 5.97 Å². The molecule has 4 nitrogen and oxygen atoms in total. The van der Waals surface area contributed by atoms with Crippen LogP contribution in [0.15, 0.2) is 11.6 Å². The Hall–Kier alpha value is -0.870. The van der Waals surface area contributed by atoms with Crippen molar-refractivity contribution in [2.24, 2.45) is 0 Å². The average Bonchev–Trinajstić information content (AvgIpc) is 2.20. The number of morpholine rings is 1. The molecule has 92 valence electrons. The van der Waals surface area contributed by atoms with Crippen molar-refractivity contribution in [1.29, 1.82) is 0 Å². The summed E-state index contributed by atoms with van der Waals surface area (Å²) in [6, 6.07) is 0. The molecule has 0 aromatic carbocycles. The summed E-state index contributed by atoms with van der Waals surface area (Å²) in [5, 5.41) is 8.92. The van der Waals surface area contributed by atoms with Crippen LogP contribution in [0.25, 0.3) is 0 Å². The molecular weight excluding hydrogens is 206 g/mol. The first kappa shape index (κ1) is 13.2. The molecular formula is C12H21NO3. The van der Waals surface area contributed by atoms with Crippen molar-refractivity contribution in [3.8, 4) is 0 Å². The summed E-state index contributed by atoms with van der Waals surface area (Å²) in [6.07, 6.45) is 2.38. The van der Waals surface area contributed by atoms with Gasteiger partial charge < -0.3 is 9.84 Å². The molecule has 0 spiro atoms. The van der Waals surface area contributed by atoms with E-state index < -0.39 is 5.97 Å². The average molecular weight is 227 g/mol. The molecule has 0 amide bonds. The van der Waals surface area contributed by atoms with E-state index in [0.29, 0.717) is 25.1 Å². The molecule has 0 atom stereocenters. The number of carboxylic acid groups (broad SMARTS) is 1. The van der Waals surface area contributed by atoms with Gasteiger partial charge in [-0.3, -0.25) is 4.90 Å². The molecule has 16 heavy (non-hydrogen) atoms. The summed E-state index contributed by atoms with van der Waals surface area (Å²) in [5.74, 6) is -0.812. The van der Waals surface area contributed by atoms with Gasteiger partial charge in [0.2, 0.25) is 0 Å². The highest BCUT2D eigenvalue weighted by Gasteiger charge is 2.29. The van der Waals surface area contributed by atoms with E-state index in [4.69, 9.17) is 9.84 Å². The highest BCUT2D eigenvalue weighted by molar-refractivity contribution is 5.86. The molecule has 1 heterocycles. The third kappa shape index (κ3) is 3.32. The van der Waals surface area contributed by atoms with Crippen LogP contribution in [0.5, 0.6) is 0 Å². The van der Waals surface area contributed by atoms with E-state index in [-0.39, 0.29) is 5.54 Å². The highest BCUT2D eigenvalue weighted by atomic mass is 16.5. The second-order valence-corrected chi connectivity index (χ2v) is 4.70. The first-order chi connectivity index (χ1) is 7.47. The van der Waals surface area contributed by atoms with E-state index in [2.05, 4.69) is 18.7 Å². The van der Waals surface area contributed by atoms with Gasteiger partial charge in [0.15, 0.2) is 0 Å². The summed E-state index contributed by atoms with van der Waals surface area (Å²) in [6.45, 7) is 9.08. The third-order valence-electron chi connectivity index (χ3n) is 3.03. The van der Waals surface area contributed by atoms with Crippen molar-refractivity contribution < 1.29 is 14.6 Å². The fraction of sp³-hybridized carbons (Fsp3) is 0.750. The van der Waals surface area contributed by atoms with Crippen molar-refractivity contribution in [2.75, 3.05) is 26.3 Å². The first-order valence-corrected chi connectivity index (χ1v) is 5.72. The standard InChI is InChI=1S/C12H21NO3/c1-4-10(11(14)15)5-6-13-7-8-16-9-12(13,2)3/h5H,4,6-9H2,1-3H3,(H,14,15). The summed E-state index contributed by atoms with van der Waals surface area (Å²) < 4.78 is 5.42. The first-order valence-electron chi connectivity index (χ1n) is 5.72. The van der Waals surface area contributed by atoms with E-state index in [9.17, 15) is 4.79 Å². The van der Waals surface area contributed by atoms with Crippen LogP contribution in [-0.4, -0.2) is 47.8 Å². The van der Waals surface area contributed by atoms with Crippen LogP contribution in [0.1, 0.15) is 27.2 Å². The van der Waals surface area contributed by atoms with Gasteiger partial charge in [0.1, 0.15) is 0 Å². The second kappa shape index (κ2) is 5.46. The van der Waals surface area contributed by atoms with E-state index in [1.54, 1.807) is 0 Å². The normalized spacial score (nSPS) is 22.1. The Morgan fingerprint density at radius 1 is 1.56 bits per heavy atom. The summed E-state index contributed by atoms with van der Waals surface area (Å²) in [7, 11) is 0. The SMILES string of the molecule is CCC(=CCN1CCOCC1(C)C)C(=O)O. The maximum atomic E-state index is 10.9. The molecule has 1 aliphatic heterocycles. The largest absolute Gasteiger partial charge is 0.478 e. The minimum absolute atomic E-state index is 0.00783. The van der Waals surface area contributed by atoms with Gasteiger partial charge in [-0.05, 0) is 20.3 Å². The Labute approximate surface area is 96.9 Å². The van der Waals surface area contributed by atoms with E-state index >= 15 is 0 Å². The number of hydrogen-bond donors (Lipinski definition) is 1. The Bertz CT molecular complexity index is 284. The minimum atomic E-state index is -0.812. The highest BCUT2D eigenvalue weighted by Crippen LogP contribution is 2.18. The second-order valence-electron chi connectivity index (χ2n) is 4.70. The van der Waals surface area contributed by atoms with E-state index in [1.807, 2.05) is 13.0 Å². The molecule has 1 N–H and O–H groups in total. The topological polar surface area (TPSA) is 49.8 Å². The van der Waals surface area contributed by atoms with Gasteiger partial charge in [0, 0.05) is 24.2 Å². The van der Waals surface area contributed by atoms with Gasteiger partial charge in [-0.15, -0.1) is 0 Å². The lowest BCUT2D eigenvalue weighted by molar-refractivity contribution is -0.132. The summed E-state index contributed by atoms with van der Waals surface area (Å²) >= 11 is 0. The maximum absolute atomic E-state index is 10.9. The predicted molar refractivity (Wildman–Crippen MR) is 62.5 cm³/mol. The molecule has 1 fully saturated rings. The van der Waals surface area contributed by atoms with Crippen molar-refractivity contribution in [3.05, 3.63) is 11.6 Å². The fourth-order valence-corrected chi connectivity index (χ4v) is 1.83. The lowest BCUT2D eigenvalue weighted by Gasteiger charge is -2.41. The number of hydrogen-bond acceptors (Lipinski definition) is 3. The monoisotopic (exact) mass is 227 g/mol. The summed E-state index contributed by atoms with van der Waals surface area (Å²) in [5.41, 5.74) is 0.480. The Balaban J connectivity index is 2.62. The van der Waals surface area contributed by atoms with Gasteiger partial charge in [0.25, 0.3) is 0 Å². The molecule has 0 aromatic rings. The van der Waals surface area contributed by atoms with Gasteiger partial charge >= 0.3 is 5.97 Å². The van der Waals surface area contributed by atoms with Crippen LogP contribution >= 0.6 is 0 Å². The zero-order valence-corrected chi connectivity index (χ0v) is 10.3. The molecule has 1 rings (SSSR count). The molecule has 0 aliphatic carbocycles. The van der Waals surface area contributed by atoms with Gasteiger partial charge in [-0.2, -0.15) is 0 Å². The van der Waals surface area contributed by atoms with E-state index in [0.717, 1.165) is 13.2 Å². The van der Waals surface area contributed by atoms with E-state index in [1.165, 1.54) is 0 Å². The number of ether oxygens (including phenoxy) is 1. The minimum Gasteiger partial charge on any atom is -0.478 e. The number of nitrogens with zero attached hydrogens (tertiary/aromatic N) is 1. The van der Waals surface area contributed by atoms with Crippen molar-refractivity contribution in [3.63, 3.8) is 0 Å². The molecule has 0 radical (unpaired) electrons. The predicted octanol–water partition coefficient (Wildman–Crippen LogP) is 1.52. The molecule has 0 unspecified atom stereocenters. The van der Waals surface area contributed by atoms with Crippen molar-refractivity contribution in [1.82, 2.24) is 4.90 Å². The molecule has 1 saturated heterocycles. The third-order valence-corrected chi connectivity index (χ3v) is 3.03. The number of aliphatic carboxylic acids is 1. The Morgan fingerprint density at radius 2 is 2.25 bits per heavy atom. The zero-order valence-electron chi connectivity index (χ0n) is 10.3. The molecule has 0 bridgehead atoms. The number of carbonyl (C=O) groups is 1. The van der Waals surface area contributed by atoms with Crippen LogP contribution in [0.3, 0.4) is 0 Å². The van der Waals surface area contributed by atoms with Crippen LogP contribution in [0.2, 0.25) is 0 Å². The molecule has 4 heteroatoms. The Morgan fingerprint density at radius 3 is 2.75 bits per heavy atom. The van der Waals surface area contributed by atoms with Crippen LogP contribution in [-0.2, 0) is 9.53 Å². The smallest absolute Gasteiger partial charge is 0.331 e. The fourth-order valence-electron chi connectivity index (χ4n) is 1.83. The van der Waals surface area contributed by atoms with Gasteiger partial charge in [-0.25, -0.2) is 4.79 Å². The van der Waals surface area contributed by atoms with Crippen molar-refractivity contribution in [2.45, 2.75) is 32.7 Å². The number of carboxylic acids is 1. The van der Waals surface area contributed by atoms with Crippen LogP contribution in [0.4, 0.5) is 0 Å². The summed E-state index contributed by atoms with van der Waals surface area (Å²) in [4.78, 5) is 13.1. The molecule has 0 aromatic heterocycles. The van der Waals surface area contributed by atoms with Gasteiger partial charge in [0.05, 0.1) is 13.2 Å². The maximum Gasteiger partial charge on any atom is 0.331 e. The molecule has 0 saturated carbocycles. The quantitative estimate of drug-likeness (QED) is 0.740.